The van der Waals surface area contributed by atoms with Gasteiger partial charge in [0.15, 0.2) is 5.82 Å². The summed E-state index contributed by atoms with van der Waals surface area (Å²) in [6, 6.07) is 0.312. The summed E-state index contributed by atoms with van der Waals surface area (Å²) >= 11 is 0. The van der Waals surface area contributed by atoms with Crippen molar-refractivity contribution in [3.05, 3.63) is 12.4 Å². The van der Waals surface area contributed by atoms with Gasteiger partial charge in [-0.15, -0.1) is 0 Å². The Labute approximate surface area is 118 Å². The molecule has 0 spiro atoms. The lowest BCUT2D eigenvalue weighted by atomic mass is 10.5. The van der Waals surface area contributed by atoms with Crippen LogP contribution in [0, 0.1) is 0 Å². The van der Waals surface area contributed by atoms with Crippen LogP contribution in [0.25, 0.3) is 11.6 Å². The monoisotopic (exact) mass is 276 g/mol. The average Bonchev–Trinajstić information content (AvgIpc) is 2.86. The summed E-state index contributed by atoms with van der Waals surface area (Å²) in [6.45, 7) is 9.43. The van der Waals surface area contributed by atoms with Crippen LogP contribution in [0.2, 0.25) is 0 Å². The van der Waals surface area contributed by atoms with E-state index in [1.165, 1.54) is 0 Å². The van der Waals surface area contributed by atoms with Gasteiger partial charge in [-0.25, -0.2) is 4.98 Å². The standard InChI is InChI=1S/C13H20N6O/c1-5-14-12-16-10(11-15-7-8-19(11)6-2)17-13(18-12)20-9(3)4/h7-9H,5-6H2,1-4H3,(H,14,16,17,18). The fourth-order valence-corrected chi connectivity index (χ4v) is 1.73. The SMILES string of the molecule is CCNc1nc(OC(C)C)nc(-c2nccn2CC)n1. The number of nitrogens with one attached hydrogen (secondary N) is 1. The lowest BCUT2D eigenvalue weighted by Gasteiger charge is -2.11. The van der Waals surface area contributed by atoms with Gasteiger partial charge in [-0.05, 0) is 27.7 Å². The van der Waals surface area contributed by atoms with E-state index >= 15 is 0 Å². The summed E-state index contributed by atoms with van der Waals surface area (Å²) in [6.07, 6.45) is 3.64. The van der Waals surface area contributed by atoms with Gasteiger partial charge in [-0.1, -0.05) is 0 Å². The summed E-state index contributed by atoms with van der Waals surface area (Å²) < 4.78 is 7.55. The van der Waals surface area contributed by atoms with E-state index in [0.29, 0.717) is 23.6 Å². The Morgan fingerprint density at radius 2 is 2.05 bits per heavy atom. The number of hydrogen-bond donors (Lipinski definition) is 1. The van der Waals surface area contributed by atoms with E-state index in [-0.39, 0.29) is 6.10 Å². The first kappa shape index (κ1) is 14.2. The van der Waals surface area contributed by atoms with E-state index < -0.39 is 0 Å². The third-order valence-corrected chi connectivity index (χ3v) is 2.55. The van der Waals surface area contributed by atoms with Crippen LogP contribution < -0.4 is 10.1 Å². The van der Waals surface area contributed by atoms with Crippen molar-refractivity contribution < 1.29 is 4.74 Å². The van der Waals surface area contributed by atoms with Gasteiger partial charge in [0.2, 0.25) is 11.8 Å². The zero-order chi connectivity index (χ0) is 14.5. The van der Waals surface area contributed by atoms with Crippen LogP contribution in [-0.4, -0.2) is 37.2 Å². The molecule has 7 heteroatoms. The van der Waals surface area contributed by atoms with Gasteiger partial charge >= 0.3 is 6.01 Å². The van der Waals surface area contributed by atoms with E-state index in [9.17, 15) is 0 Å². The van der Waals surface area contributed by atoms with Gasteiger partial charge in [-0.3, -0.25) is 0 Å². The molecule has 0 aliphatic heterocycles. The molecule has 1 N–H and O–H groups in total. The van der Waals surface area contributed by atoms with Crippen LogP contribution in [0.3, 0.4) is 0 Å². The number of ether oxygens (including phenoxy) is 1. The van der Waals surface area contributed by atoms with E-state index in [1.54, 1.807) is 6.20 Å². The molecule has 0 atom stereocenters. The lowest BCUT2D eigenvalue weighted by Crippen LogP contribution is -2.13. The minimum absolute atomic E-state index is 0.00523. The molecular formula is C13H20N6O. The summed E-state index contributed by atoms with van der Waals surface area (Å²) in [5.74, 6) is 1.72. The van der Waals surface area contributed by atoms with E-state index in [4.69, 9.17) is 4.74 Å². The van der Waals surface area contributed by atoms with Crippen molar-refractivity contribution in [3.8, 4) is 17.7 Å². The van der Waals surface area contributed by atoms with Gasteiger partial charge in [0.25, 0.3) is 0 Å². The van der Waals surface area contributed by atoms with Crippen LogP contribution in [-0.2, 0) is 6.54 Å². The number of anilines is 1. The number of rotatable bonds is 6. The predicted octanol–water partition coefficient (Wildman–Crippen LogP) is 1.97. The minimum atomic E-state index is 0.00523. The zero-order valence-corrected chi connectivity index (χ0v) is 12.3. The van der Waals surface area contributed by atoms with Gasteiger partial charge in [0, 0.05) is 25.5 Å². The van der Waals surface area contributed by atoms with Gasteiger partial charge in [0.05, 0.1) is 6.10 Å². The molecule has 0 fully saturated rings. The predicted molar refractivity (Wildman–Crippen MR) is 76.6 cm³/mol. The van der Waals surface area contributed by atoms with Crippen molar-refractivity contribution in [3.63, 3.8) is 0 Å². The first-order valence-corrected chi connectivity index (χ1v) is 6.82. The molecule has 0 bridgehead atoms. The van der Waals surface area contributed by atoms with Gasteiger partial charge in [-0.2, -0.15) is 15.0 Å². The Morgan fingerprint density at radius 3 is 2.70 bits per heavy atom. The summed E-state index contributed by atoms with van der Waals surface area (Å²) in [7, 11) is 0. The molecule has 0 saturated carbocycles. The zero-order valence-electron chi connectivity index (χ0n) is 12.3. The first-order valence-electron chi connectivity index (χ1n) is 6.82. The van der Waals surface area contributed by atoms with Crippen LogP contribution in [0.4, 0.5) is 5.95 Å². The largest absolute Gasteiger partial charge is 0.461 e. The maximum atomic E-state index is 5.57. The Morgan fingerprint density at radius 1 is 1.25 bits per heavy atom. The molecular weight excluding hydrogens is 256 g/mol. The number of aryl methyl sites for hydroxylation is 1. The minimum Gasteiger partial charge on any atom is -0.461 e. The molecule has 2 rings (SSSR count). The van der Waals surface area contributed by atoms with Crippen molar-refractivity contribution in [2.75, 3.05) is 11.9 Å². The van der Waals surface area contributed by atoms with Crippen molar-refractivity contribution in [1.29, 1.82) is 0 Å². The Bertz CT molecular complexity index is 566. The molecule has 0 amide bonds. The van der Waals surface area contributed by atoms with Gasteiger partial charge < -0.3 is 14.6 Å². The number of hydrogen-bond acceptors (Lipinski definition) is 6. The third kappa shape index (κ3) is 3.23. The van der Waals surface area contributed by atoms with Crippen molar-refractivity contribution >= 4 is 5.95 Å². The average molecular weight is 276 g/mol. The summed E-state index contributed by atoms with van der Waals surface area (Å²) in [4.78, 5) is 17.3. The summed E-state index contributed by atoms with van der Waals surface area (Å²) in [5, 5.41) is 3.08. The molecule has 2 aromatic heterocycles. The Hall–Kier alpha value is -2.18. The van der Waals surface area contributed by atoms with Crippen molar-refractivity contribution in [2.45, 2.75) is 40.3 Å². The normalized spacial score (nSPS) is 10.8. The van der Waals surface area contributed by atoms with Crippen LogP contribution in [0.15, 0.2) is 12.4 Å². The first-order chi connectivity index (χ1) is 9.63. The summed E-state index contributed by atoms with van der Waals surface area (Å²) in [5.41, 5.74) is 0. The molecule has 0 aliphatic rings. The van der Waals surface area contributed by atoms with Gasteiger partial charge in [0.1, 0.15) is 0 Å². The molecule has 0 aromatic carbocycles. The molecule has 0 aliphatic carbocycles. The van der Waals surface area contributed by atoms with E-state index in [1.807, 2.05) is 38.5 Å². The Balaban J connectivity index is 2.43. The van der Waals surface area contributed by atoms with Crippen molar-refractivity contribution in [2.24, 2.45) is 0 Å². The smallest absolute Gasteiger partial charge is 0.322 e. The third-order valence-electron chi connectivity index (χ3n) is 2.55. The van der Waals surface area contributed by atoms with Crippen molar-refractivity contribution in [1.82, 2.24) is 24.5 Å². The molecule has 20 heavy (non-hydrogen) atoms. The second-order valence-electron chi connectivity index (χ2n) is 4.50. The highest BCUT2D eigenvalue weighted by molar-refractivity contribution is 5.47. The maximum absolute atomic E-state index is 5.57. The molecule has 0 unspecified atom stereocenters. The molecule has 2 aromatic rings. The van der Waals surface area contributed by atoms with Crippen LogP contribution in [0.1, 0.15) is 27.7 Å². The second-order valence-corrected chi connectivity index (χ2v) is 4.50. The highest BCUT2D eigenvalue weighted by Gasteiger charge is 2.14. The topological polar surface area (TPSA) is 77.8 Å². The fourth-order valence-electron chi connectivity index (χ4n) is 1.73. The highest BCUT2D eigenvalue weighted by Crippen LogP contribution is 2.18. The van der Waals surface area contributed by atoms with Crippen LogP contribution >= 0.6 is 0 Å². The van der Waals surface area contributed by atoms with Crippen LogP contribution in [0.5, 0.6) is 6.01 Å². The number of aromatic nitrogens is 5. The highest BCUT2D eigenvalue weighted by atomic mass is 16.5. The molecule has 0 radical (unpaired) electrons. The second kappa shape index (κ2) is 6.31. The maximum Gasteiger partial charge on any atom is 0.322 e. The molecule has 7 nitrogen and oxygen atoms in total. The molecule has 0 saturated heterocycles. The lowest BCUT2D eigenvalue weighted by molar-refractivity contribution is 0.222. The Kier molecular flexibility index (Phi) is 4.49. The quantitative estimate of drug-likeness (QED) is 0.869. The number of imidazole rings is 1. The van der Waals surface area contributed by atoms with E-state index in [0.717, 1.165) is 13.1 Å². The molecule has 108 valence electrons. The van der Waals surface area contributed by atoms with E-state index in [2.05, 4.69) is 25.3 Å². The molecule has 2 heterocycles. The fraction of sp³-hybridized carbons (Fsp3) is 0.538. The number of nitrogens with zero attached hydrogens (tertiary/aromatic N) is 5.